The Hall–Kier alpha value is -2.07. The number of carboxylic acids is 1. The van der Waals surface area contributed by atoms with E-state index < -0.39 is 16.0 Å². The second kappa shape index (κ2) is 8.52. The van der Waals surface area contributed by atoms with Crippen molar-refractivity contribution < 1.29 is 23.1 Å². The summed E-state index contributed by atoms with van der Waals surface area (Å²) < 4.78 is 33.3. The van der Waals surface area contributed by atoms with Crippen LogP contribution < -0.4 is 5.73 Å². The van der Waals surface area contributed by atoms with E-state index in [0.29, 0.717) is 13.0 Å². The van der Waals surface area contributed by atoms with Crippen LogP contribution in [-0.2, 0) is 21.4 Å². The van der Waals surface area contributed by atoms with Crippen molar-refractivity contribution in [2.75, 3.05) is 18.9 Å². The lowest BCUT2D eigenvalue weighted by Gasteiger charge is -2.24. The molecule has 7 nitrogen and oxygen atoms in total. The first-order chi connectivity index (χ1) is 13.3. The zero-order valence-corrected chi connectivity index (χ0v) is 16.8. The smallest absolute Gasteiger partial charge is 0.337 e. The maximum Gasteiger partial charge on any atom is 0.337 e. The molecule has 1 aliphatic rings. The van der Waals surface area contributed by atoms with Crippen molar-refractivity contribution >= 4 is 34.3 Å². The Morgan fingerprint density at radius 2 is 1.96 bits per heavy atom. The first-order valence-electron chi connectivity index (χ1n) is 8.73. The molecular formula is C19H22N2O5S2. The van der Waals surface area contributed by atoms with E-state index in [1.807, 2.05) is 30.3 Å². The third-order valence-electron chi connectivity index (χ3n) is 4.63. The third kappa shape index (κ3) is 4.49. The number of thiol groups is 1. The topological polar surface area (TPSA) is 110 Å². The van der Waals surface area contributed by atoms with Gasteiger partial charge in [-0.3, -0.25) is 0 Å². The van der Waals surface area contributed by atoms with Gasteiger partial charge in [-0.25, -0.2) is 13.2 Å². The molecule has 2 aromatic rings. The fourth-order valence-electron chi connectivity index (χ4n) is 3.21. The van der Waals surface area contributed by atoms with Crippen LogP contribution >= 0.6 is 12.6 Å². The van der Waals surface area contributed by atoms with Crippen molar-refractivity contribution in [3.63, 3.8) is 0 Å². The molecule has 0 amide bonds. The fraction of sp³-hybridized carbons (Fsp3) is 0.316. The maximum atomic E-state index is 13.1. The Morgan fingerprint density at radius 1 is 1.25 bits per heavy atom. The molecule has 3 N–H and O–H groups in total. The van der Waals surface area contributed by atoms with Crippen LogP contribution in [0.4, 0.5) is 5.69 Å². The van der Waals surface area contributed by atoms with Crippen LogP contribution in [-0.4, -0.2) is 48.2 Å². The molecule has 1 fully saturated rings. The summed E-state index contributed by atoms with van der Waals surface area (Å²) in [4.78, 5) is 11.2. The van der Waals surface area contributed by atoms with Crippen LogP contribution in [0.5, 0.6) is 0 Å². The summed E-state index contributed by atoms with van der Waals surface area (Å²) in [5.74, 6) is -1.27. The van der Waals surface area contributed by atoms with Gasteiger partial charge in [0, 0.05) is 23.5 Å². The normalized spacial score (nSPS) is 20.3. The van der Waals surface area contributed by atoms with Crippen LogP contribution in [0, 0.1) is 0 Å². The van der Waals surface area contributed by atoms with Crippen molar-refractivity contribution in [3.05, 3.63) is 59.7 Å². The number of nitrogens with zero attached hydrogens (tertiary/aromatic N) is 1. The van der Waals surface area contributed by atoms with Crippen molar-refractivity contribution in [1.29, 1.82) is 0 Å². The van der Waals surface area contributed by atoms with Gasteiger partial charge in [-0.15, -0.1) is 0 Å². The van der Waals surface area contributed by atoms with Crippen LogP contribution in [0.25, 0.3) is 0 Å². The number of carboxylic acid groups (broad SMARTS) is 1. The molecule has 0 radical (unpaired) electrons. The van der Waals surface area contributed by atoms with E-state index in [1.165, 1.54) is 16.4 Å². The number of hydrogen-bond donors (Lipinski definition) is 3. The fourth-order valence-corrected chi connectivity index (χ4v) is 5.43. The van der Waals surface area contributed by atoms with Crippen LogP contribution in [0.2, 0.25) is 0 Å². The first kappa shape index (κ1) is 20.7. The first-order valence-corrected chi connectivity index (χ1v) is 10.7. The highest BCUT2D eigenvalue weighted by Gasteiger charge is 2.39. The quantitative estimate of drug-likeness (QED) is 0.466. The van der Waals surface area contributed by atoms with E-state index in [1.54, 1.807) is 0 Å². The summed E-state index contributed by atoms with van der Waals surface area (Å²) in [5, 5.41) is 9.10. The van der Waals surface area contributed by atoms with Gasteiger partial charge in [0.25, 0.3) is 0 Å². The van der Waals surface area contributed by atoms with Crippen LogP contribution in [0.15, 0.2) is 53.4 Å². The molecule has 2 aromatic carbocycles. The molecule has 0 unspecified atom stereocenters. The lowest BCUT2D eigenvalue weighted by Crippen LogP contribution is -2.38. The summed E-state index contributed by atoms with van der Waals surface area (Å²) in [6, 6.07) is 13.0. The zero-order chi connectivity index (χ0) is 20.3. The molecule has 1 heterocycles. The largest absolute Gasteiger partial charge is 0.478 e. The number of benzene rings is 2. The van der Waals surface area contributed by atoms with E-state index in [9.17, 15) is 18.3 Å². The lowest BCUT2D eigenvalue weighted by molar-refractivity contribution is 0.0697. The minimum Gasteiger partial charge on any atom is -0.478 e. The summed E-state index contributed by atoms with van der Waals surface area (Å²) in [5.41, 5.74) is 6.42. The van der Waals surface area contributed by atoms with Crippen LogP contribution in [0.1, 0.15) is 22.3 Å². The van der Waals surface area contributed by atoms with Crippen LogP contribution in [0.3, 0.4) is 0 Å². The second-order valence-corrected chi connectivity index (χ2v) is 9.29. The van der Waals surface area contributed by atoms with Gasteiger partial charge in [-0.2, -0.15) is 16.9 Å². The molecule has 0 spiro atoms. The SMILES string of the molecule is Nc1ccc(S(=O)(=O)N2C[C@H](S)C[C@H]2COCc2ccccc2)cc1C(=O)O. The highest BCUT2D eigenvalue weighted by atomic mass is 32.2. The van der Waals surface area contributed by atoms with Crippen molar-refractivity contribution in [2.45, 2.75) is 29.2 Å². The highest BCUT2D eigenvalue weighted by Crippen LogP contribution is 2.30. The van der Waals surface area contributed by atoms with Gasteiger partial charge in [0.05, 0.1) is 23.7 Å². The molecule has 28 heavy (non-hydrogen) atoms. The molecule has 2 atom stereocenters. The summed E-state index contributed by atoms with van der Waals surface area (Å²) in [6.07, 6.45) is 0.553. The van der Waals surface area contributed by atoms with Gasteiger partial charge in [0.2, 0.25) is 10.0 Å². The van der Waals surface area contributed by atoms with Gasteiger partial charge < -0.3 is 15.6 Å². The Bertz CT molecular complexity index is 950. The average Bonchev–Trinajstić information content (AvgIpc) is 3.04. The predicted octanol–water partition coefficient (Wildman–Crippen LogP) is 2.25. The molecule has 0 saturated carbocycles. The monoisotopic (exact) mass is 422 g/mol. The molecule has 1 aliphatic heterocycles. The number of anilines is 1. The second-order valence-electron chi connectivity index (χ2n) is 6.67. The van der Waals surface area contributed by atoms with Gasteiger partial charge in [0.15, 0.2) is 0 Å². The molecule has 0 bridgehead atoms. The van der Waals surface area contributed by atoms with Gasteiger partial charge in [-0.05, 0) is 30.2 Å². The number of nitrogens with two attached hydrogens (primary N) is 1. The number of hydrogen-bond acceptors (Lipinski definition) is 6. The number of nitrogen functional groups attached to an aromatic ring is 1. The number of carbonyl (C=O) groups is 1. The van der Waals surface area contributed by atoms with E-state index >= 15 is 0 Å². The molecule has 0 aromatic heterocycles. The predicted molar refractivity (Wildman–Crippen MR) is 109 cm³/mol. The lowest BCUT2D eigenvalue weighted by atomic mass is 10.2. The number of rotatable bonds is 7. The summed E-state index contributed by atoms with van der Waals surface area (Å²) >= 11 is 4.44. The molecule has 3 rings (SSSR count). The molecule has 1 saturated heterocycles. The minimum absolute atomic E-state index is 0.0164. The van der Waals surface area contributed by atoms with E-state index in [0.717, 1.165) is 11.6 Å². The molecular weight excluding hydrogens is 400 g/mol. The summed E-state index contributed by atoms with van der Waals surface area (Å²) in [6.45, 7) is 0.844. The average molecular weight is 423 g/mol. The van der Waals surface area contributed by atoms with Crippen molar-refractivity contribution in [2.24, 2.45) is 0 Å². The molecule has 9 heteroatoms. The van der Waals surface area contributed by atoms with Gasteiger partial charge in [-0.1, -0.05) is 30.3 Å². The van der Waals surface area contributed by atoms with E-state index in [-0.39, 0.29) is 40.6 Å². The van der Waals surface area contributed by atoms with Gasteiger partial charge in [0.1, 0.15) is 0 Å². The maximum absolute atomic E-state index is 13.1. The molecule has 150 valence electrons. The van der Waals surface area contributed by atoms with E-state index in [2.05, 4.69) is 12.6 Å². The number of aromatic carboxylic acids is 1. The van der Waals surface area contributed by atoms with E-state index in [4.69, 9.17) is 10.5 Å². The molecule has 0 aliphatic carbocycles. The Labute approximate surface area is 169 Å². The third-order valence-corrected chi connectivity index (χ3v) is 6.91. The Morgan fingerprint density at radius 3 is 2.64 bits per heavy atom. The highest BCUT2D eigenvalue weighted by molar-refractivity contribution is 7.89. The number of sulfonamides is 1. The Kier molecular flexibility index (Phi) is 6.29. The number of ether oxygens (including phenoxy) is 1. The van der Waals surface area contributed by atoms with Crippen molar-refractivity contribution in [3.8, 4) is 0 Å². The van der Waals surface area contributed by atoms with Gasteiger partial charge >= 0.3 is 5.97 Å². The summed E-state index contributed by atoms with van der Waals surface area (Å²) in [7, 11) is -3.90. The minimum atomic E-state index is -3.90. The Balaban J connectivity index is 1.77. The zero-order valence-electron chi connectivity index (χ0n) is 15.1. The standard InChI is InChI=1S/C19H22N2O5S2/c20-18-7-6-16(9-17(18)19(22)23)28(24,25)21-10-15(27)8-14(21)12-26-11-13-4-2-1-3-5-13/h1-7,9,14-15,27H,8,10-12,20H2,(H,22,23)/t14-,15+/m0/s1. The van der Waals surface area contributed by atoms with Crippen molar-refractivity contribution in [1.82, 2.24) is 4.31 Å².